The van der Waals surface area contributed by atoms with Crippen molar-refractivity contribution in [1.82, 2.24) is 4.98 Å². The normalized spacial score (nSPS) is 23.3. The molecular formula is C22H26N2O4. The van der Waals surface area contributed by atoms with Crippen molar-refractivity contribution in [3.63, 3.8) is 0 Å². The molecule has 4 rings (SSSR count). The molecule has 0 bridgehead atoms. The van der Waals surface area contributed by atoms with Gasteiger partial charge in [-0.15, -0.1) is 0 Å². The number of aromatic nitrogens is 1. The van der Waals surface area contributed by atoms with Crippen molar-refractivity contribution in [3.8, 4) is 17.4 Å². The summed E-state index contributed by atoms with van der Waals surface area (Å²) in [6.07, 6.45) is 3.75. The van der Waals surface area contributed by atoms with Crippen LogP contribution in [0.1, 0.15) is 48.8 Å². The molecule has 0 spiro atoms. The molecule has 1 fully saturated rings. The molecule has 1 aliphatic carbocycles. The Labute approximate surface area is 165 Å². The average Bonchev–Trinajstić information content (AvgIpc) is 2.73. The summed E-state index contributed by atoms with van der Waals surface area (Å²) >= 11 is 0. The molecule has 1 N–H and O–H groups in total. The number of hydrogen-bond acceptors (Lipinski definition) is 6. The number of aliphatic hydroxyl groups excluding tert-OH is 1. The Kier molecular flexibility index (Phi) is 5.22. The summed E-state index contributed by atoms with van der Waals surface area (Å²) in [5.41, 5.74) is 3.85. The molecule has 0 amide bonds. The molecule has 2 aromatic rings. The first-order valence-corrected chi connectivity index (χ1v) is 9.76. The lowest BCUT2D eigenvalue weighted by Gasteiger charge is -2.37. The largest absolute Gasteiger partial charge is 0.493 e. The van der Waals surface area contributed by atoms with Crippen molar-refractivity contribution in [2.75, 3.05) is 20.8 Å². The zero-order valence-corrected chi connectivity index (χ0v) is 16.5. The van der Waals surface area contributed by atoms with Crippen molar-refractivity contribution < 1.29 is 19.3 Å². The van der Waals surface area contributed by atoms with Crippen LogP contribution >= 0.6 is 0 Å². The monoisotopic (exact) mass is 382 g/mol. The van der Waals surface area contributed by atoms with Crippen LogP contribution in [0.5, 0.6) is 17.4 Å². The topological polar surface area (TPSA) is 73.2 Å². The van der Waals surface area contributed by atoms with E-state index in [1.54, 1.807) is 20.4 Å². The fourth-order valence-electron chi connectivity index (χ4n) is 4.32. The van der Waals surface area contributed by atoms with E-state index in [4.69, 9.17) is 19.2 Å². The summed E-state index contributed by atoms with van der Waals surface area (Å²) in [6, 6.07) is 8.05. The minimum atomic E-state index is -0.295. The third kappa shape index (κ3) is 3.22. The fraction of sp³-hybridized carbons (Fsp3) is 0.455. The number of aliphatic imine (C=N–C) groups is 1. The van der Waals surface area contributed by atoms with Gasteiger partial charge in [-0.25, -0.2) is 4.98 Å². The van der Waals surface area contributed by atoms with Crippen LogP contribution in [0.15, 0.2) is 35.5 Å². The van der Waals surface area contributed by atoms with Crippen molar-refractivity contribution >= 4 is 5.71 Å². The molecular weight excluding hydrogens is 356 g/mol. The predicted octanol–water partition coefficient (Wildman–Crippen LogP) is 3.35. The number of pyridine rings is 1. The predicted molar refractivity (Wildman–Crippen MR) is 107 cm³/mol. The van der Waals surface area contributed by atoms with Gasteiger partial charge in [0.05, 0.1) is 44.2 Å². The Morgan fingerprint density at radius 3 is 2.71 bits per heavy atom. The Balaban J connectivity index is 1.91. The van der Waals surface area contributed by atoms with E-state index >= 15 is 0 Å². The molecule has 1 saturated carbocycles. The van der Waals surface area contributed by atoms with E-state index in [2.05, 4.69) is 11.1 Å². The summed E-state index contributed by atoms with van der Waals surface area (Å²) < 4.78 is 16.9. The second-order valence-electron chi connectivity index (χ2n) is 7.20. The van der Waals surface area contributed by atoms with Gasteiger partial charge in [0.15, 0.2) is 11.5 Å². The molecule has 2 heterocycles. The minimum Gasteiger partial charge on any atom is -0.493 e. The lowest BCUT2D eigenvalue weighted by Crippen LogP contribution is -2.34. The summed E-state index contributed by atoms with van der Waals surface area (Å²) in [4.78, 5) is 9.45. The first kappa shape index (κ1) is 18.7. The molecule has 6 heteroatoms. The van der Waals surface area contributed by atoms with Crippen molar-refractivity contribution in [1.29, 1.82) is 0 Å². The van der Waals surface area contributed by atoms with E-state index in [0.717, 1.165) is 41.0 Å². The second kappa shape index (κ2) is 7.80. The van der Waals surface area contributed by atoms with E-state index in [-0.39, 0.29) is 18.1 Å². The van der Waals surface area contributed by atoms with Gasteiger partial charge in [0, 0.05) is 17.7 Å². The first-order chi connectivity index (χ1) is 13.7. The lowest BCUT2D eigenvalue weighted by atomic mass is 9.74. The van der Waals surface area contributed by atoms with E-state index in [1.807, 2.05) is 25.1 Å². The van der Waals surface area contributed by atoms with Crippen LogP contribution in [0.4, 0.5) is 0 Å². The zero-order chi connectivity index (χ0) is 19.7. The highest BCUT2D eigenvalue weighted by Crippen LogP contribution is 2.45. The third-order valence-corrected chi connectivity index (χ3v) is 5.59. The van der Waals surface area contributed by atoms with Gasteiger partial charge in [0.2, 0.25) is 5.88 Å². The summed E-state index contributed by atoms with van der Waals surface area (Å²) in [6.45, 7) is 2.52. The highest BCUT2D eigenvalue weighted by Gasteiger charge is 2.37. The molecule has 0 radical (unpaired) electrons. The van der Waals surface area contributed by atoms with Crippen LogP contribution in [-0.2, 0) is 0 Å². The molecule has 0 saturated heterocycles. The number of methoxy groups -OCH3 is 2. The van der Waals surface area contributed by atoms with E-state index < -0.39 is 0 Å². The standard InChI is InChI=1S/C22H26N2O4/c1-4-28-20-11-15-16-10-13(25)7-8-18(16)24-21(17(15)12-19(20)26-2)14-6-5-9-23-22(14)27-3/h5-6,9,11-13,16,18,25H,4,7-8,10H2,1-3H3. The van der Waals surface area contributed by atoms with Crippen LogP contribution in [0.3, 0.4) is 0 Å². The van der Waals surface area contributed by atoms with Crippen LogP contribution in [-0.4, -0.2) is 48.8 Å². The average molecular weight is 382 g/mol. The summed E-state index contributed by atoms with van der Waals surface area (Å²) in [5, 5.41) is 10.3. The molecule has 1 aromatic carbocycles. The van der Waals surface area contributed by atoms with Crippen LogP contribution in [0.25, 0.3) is 0 Å². The van der Waals surface area contributed by atoms with Crippen molar-refractivity contribution in [3.05, 3.63) is 47.2 Å². The van der Waals surface area contributed by atoms with Crippen LogP contribution in [0.2, 0.25) is 0 Å². The van der Waals surface area contributed by atoms with Gasteiger partial charge in [-0.05, 0) is 56.0 Å². The van der Waals surface area contributed by atoms with Crippen LogP contribution < -0.4 is 14.2 Å². The van der Waals surface area contributed by atoms with Gasteiger partial charge in [0.25, 0.3) is 0 Å². The number of nitrogens with zero attached hydrogens (tertiary/aromatic N) is 2. The number of ether oxygens (including phenoxy) is 3. The summed E-state index contributed by atoms with van der Waals surface area (Å²) in [7, 11) is 3.26. The van der Waals surface area contributed by atoms with Crippen LogP contribution in [0, 0.1) is 0 Å². The number of fused-ring (bicyclic) bond motifs is 3. The fourth-order valence-corrected chi connectivity index (χ4v) is 4.32. The molecule has 28 heavy (non-hydrogen) atoms. The number of hydrogen-bond donors (Lipinski definition) is 1. The Morgan fingerprint density at radius 2 is 1.96 bits per heavy atom. The Morgan fingerprint density at radius 1 is 1.11 bits per heavy atom. The lowest BCUT2D eigenvalue weighted by molar-refractivity contribution is 0.111. The molecule has 3 unspecified atom stereocenters. The minimum absolute atomic E-state index is 0.124. The third-order valence-electron chi connectivity index (χ3n) is 5.59. The Hall–Kier alpha value is -2.60. The highest BCUT2D eigenvalue weighted by atomic mass is 16.5. The van der Waals surface area contributed by atoms with Gasteiger partial charge in [-0.1, -0.05) is 0 Å². The van der Waals surface area contributed by atoms with E-state index in [9.17, 15) is 5.11 Å². The number of benzene rings is 1. The van der Waals surface area contributed by atoms with Crippen molar-refractivity contribution in [2.24, 2.45) is 4.99 Å². The number of aliphatic hydroxyl groups is 1. The number of rotatable bonds is 5. The molecule has 1 aromatic heterocycles. The van der Waals surface area contributed by atoms with E-state index in [0.29, 0.717) is 24.7 Å². The Bertz CT molecular complexity index is 896. The maximum absolute atomic E-state index is 10.3. The molecule has 2 aliphatic rings. The molecule has 3 atom stereocenters. The van der Waals surface area contributed by atoms with Gasteiger partial charge in [0.1, 0.15) is 0 Å². The quantitative estimate of drug-likeness (QED) is 0.859. The van der Waals surface area contributed by atoms with Gasteiger partial charge < -0.3 is 19.3 Å². The second-order valence-corrected chi connectivity index (χ2v) is 7.20. The smallest absolute Gasteiger partial charge is 0.222 e. The maximum Gasteiger partial charge on any atom is 0.222 e. The van der Waals surface area contributed by atoms with E-state index in [1.165, 1.54) is 0 Å². The summed E-state index contributed by atoms with van der Waals surface area (Å²) in [5.74, 6) is 2.11. The van der Waals surface area contributed by atoms with Gasteiger partial charge in [-0.3, -0.25) is 4.99 Å². The van der Waals surface area contributed by atoms with Gasteiger partial charge >= 0.3 is 0 Å². The first-order valence-electron chi connectivity index (χ1n) is 9.76. The molecule has 1 aliphatic heterocycles. The molecule has 6 nitrogen and oxygen atoms in total. The molecule has 148 valence electrons. The highest BCUT2D eigenvalue weighted by molar-refractivity contribution is 6.16. The zero-order valence-electron chi connectivity index (χ0n) is 16.5. The van der Waals surface area contributed by atoms with Crippen molar-refractivity contribution in [2.45, 2.75) is 44.2 Å². The van der Waals surface area contributed by atoms with Gasteiger partial charge in [-0.2, -0.15) is 0 Å². The maximum atomic E-state index is 10.3. The SMILES string of the molecule is CCOc1cc2c(cc1OC)C(c1cccnc1OC)=NC1CCC(O)CC21.